The summed E-state index contributed by atoms with van der Waals surface area (Å²) in [6.45, 7) is 6.66. The highest BCUT2D eigenvalue weighted by atomic mass is 35.5. The third-order valence-electron chi connectivity index (χ3n) is 5.40. The highest BCUT2D eigenvalue weighted by molar-refractivity contribution is 7.17. The zero-order valence-electron chi connectivity index (χ0n) is 19.0. The first-order valence-corrected chi connectivity index (χ1v) is 11.8. The average molecular weight is 498 g/mol. The van der Waals surface area contributed by atoms with Crippen LogP contribution in [-0.2, 0) is 0 Å². The molecule has 1 fully saturated rings. The number of halogens is 1. The van der Waals surface area contributed by atoms with Gasteiger partial charge in [0.15, 0.2) is 11.3 Å². The number of amides is 1. The maximum absolute atomic E-state index is 12.7. The van der Waals surface area contributed by atoms with Crippen molar-refractivity contribution in [2.24, 2.45) is 0 Å². The lowest BCUT2D eigenvalue weighted by Gasteiger charge is -2.37. The molecule has 10 nitrogen and oxygen atoms in total. The first-order chi connectivity index (χ1) is 16.3. The molecular weight excluding hydrogens is 474 g/mol. The average Bonchev–Trinajstić information content (AvgIpc) is 3.29. The van der Waals surface area contributed by atoms with E-state index in [2.05, 4.69) is 36.7 Å². The maximum Gasteiger partial charge on any atom is 0.267 e. The van der Waals surface area contributed by atoms with E-state index in [1.807, 2.05) is 37.1 Å². The van der Waals surface area contributed by atoms with Crippen molar-refractivity contribution in [3.05, 3.63) is 51.7 Å². The molecule has 4 rings (SSSR count). The van der Waals surface area contributed by atoms with Crippen molar-refractivity contribution in [2.75, 3.05) is 48.8 Å². The van der Waals surface area contributed by atoms with Gasteiger partial charge in [0.2, 0.25) is 0 Å². The minimum absolute atomic E-state index is 0.276. The summed E-state index contributed by atoms with van der Waals surface area (Å²) in [5.41, 5.74) is 1.47. The Morgan fingerprint density at radius 1 is 1.24 bits per heavy atom. The van der Waals surface area contributed by atoms with Crippen LogP contribution in [0.25, 0.3) is 0 Å². The molecular formula is C22H24ClN9OS. The van der Waals surface area contributed by atoms with Crippen LogP contribution in [0.2, 0.25) is 5.02 Å². The summed E-state index contributed by atoms with van der Waals surface area (Å²) in [6, 6.07) is 7.33. The van der Waals surface area contributed by atoms with Crippen molar-refractivity contribution in [1.29, 1.82) is 5.26 Å². The second-order valence-electron chi connectivity index (χ2n) is 7.76. The number of nitrogens with zero attached hydrogens (tertiary/aromatic N) is 7. The van der Waals surface area contributed by atoms with Crippen molar-refractivity contribution < 1.29 is 4.79 Å². The zero-order chi connectivity index (χ0) is 24.2. The zero-order valence-corrected chi connectivity index (χ0v) is 20.6. The summed E-state index contributed by atoms with van der Waals surface area (Å²) in [5, 5.41) is 19.7. The van der Waals surface area contributed by atoms with E-state index < -0.39 is 0 Å². The van der Waals surface area contributed by atoms with Gasteiger partial charge in [-0.05, 0) is 25.5 Å². The number of rotatable bonds is 6. The second kappa shape index (κ2) is 10.2. The van der Waals surface area contributed by atoms with Gasteiger partial charge in [-0.2, -0.15) is 5.26 Å². The smallest absolute Gasteiger partial charge is 0.267 e. The standard InChI is InChI=1S/C22H24ClN9OS/c1-14-5-4-6-16(23)20(14)29-21(33)17-12-25-22(34-17)28-18-11-19(27-15(2)26-18)31-7-9-32(10-8-31)30(3)13-24/h4-6,11-12H,7-10H2,1-3H3,(H,29,33)(H,25,26,27,28). The Kier molecular flexibility index (Phi) is 7.12. The molecule has 1 aliphatic heterocycles. The molecule has 3 aromatic rings. The summed E-state index contributed by atoms with van der Waals surface area (Å²) in [4.78, 5) is 28.7. The van der Waals surface area contributed by atoms with Crippen LogP contribution in [0.1, 0.15) is 21.1 Å². The van der Waals surface area contributed by atoms with E-state index >= 15 is 0 Å². The molecule has 0 radical (unpaired) electrons. The molecule has 0 bridgehead atoms. The number of nitriles is 1. The number of aryl methyl sites for hydroxylation is 2. The van der Waals surface area contributed by atoms with Crippen molar-refractivity contribution in [2.45, 2.75) is 13.8 Å². The normalized spacial score (nSPS) is 13.9. The predicted octanol–water partition coefficient (Wildman–Crippen LogP) is 3.65. The van der Waals surface area contributed by atoms with Crippen LogP contribution in [0.4, 0.5) is 22.5 Å². The van der Waals surface area contributed by atoms with Crippen molar-refractivity contribution >= 4 is 51.3 Å². The fraction of sp³-hybridized carbons (Fsp3) is 0.318. The number of anilines is 4. The van der Waals surface area contributed by atoms with Gasteiger partial charge in [0, 0.05) is 39.3 Å². The minimum Gasteiger partial charge on any atom is -0.354 e. The fourth-order valence-electron chi connectivity index (χ4n) is 3.58. The summed E-state index contributed by atoms with van der Waals surface area (Å²) >= 11 is 7.45. The Hall–Kier alpha value is -3.46. The van der Waals surface area contributed by atoms with E-state index in [4.69, 9.17) is 16.9 Å². The Balaban J connectivity index is 1.43. The molecule has 176 valence electrons. The van der Waals surface area contributed by atoms with Gasteiger partial charge in [-0.25, -0.2) is 25.0 Å². The molecule has 3 heterocycles. The van der Waals surface area contributed by atoms with Crippen LogP contribution in [0.3, 0.4) is 0 Å². The molecule has 2 N–H and O–H groups in total. The quantitative estimate of drug-likeness (QED) is 0.389. The number of aromatic nitrogens is 3. The fourth-order valence-corrected chi connectivity index (χ4v) is 4.57. The monoisotopic (exact) mass is 497 g/mol. The second-order valence-corrected chi connectivity index (χ2v) is 9.20. The van der Waals surface area contributed by atoms with Gasteiger partial charge in [0.25, 0.3) is 5.91 Å². The number of carbonyl (C=O) groups excluding carboxylic acids is 1. The van der Waals surface area contributed by atoms with Crippen LogP contribution in [0.5, 0.6) is 0 Å². The number of nitrogens with one attached hydrogen (secondary N) is 2. The number of thiazole rings is 1. The molecule has 34 heavy (non-hydrogen) atoms. The minimum atomic E-state index is -0.276. The number of para-hydroxylation sites is 1. The summed E-state index contributed by atoms with van der Waals surface area (Å²) in [7, 11) is 1.75. The molecule has 1 saturated heterocycles. The van der Waals surface area contributed by atoms with Crippen LogP contribution in [0.15, 0.2) is 30.5 Å². The maximum atomic E-state index is 12.7. The molecule has 0 atom stereocenters. The molecule has 1 amide bonds. The van der Waals surface area contributed by atoms with E-state index in [1.165, 1.54) is 17.5 Å². The van der Waals surface area contributed by atoms with Crippen molar-refractivity contribution in [1.82, 2.24) is 25.0 Å². The lowest BCUT2D eigenvalue weighted by molar-refractivity contribution is 0.0494. The molecule has 0 aliphatic carbocycles. The molecule has 1 aromatic carbocycles. The molecule has 1 aliphatic rings. The summed E-state index contributed by atoms with van der Waals surface area (Å²) in [6.07, 6.45) is 3.65. The molecule has 0 unspecified atom stereocenters. The van der Waals surface area contributed by atoms with E-state index in [1.54, 1.807) is 18.1 Å². The van der Waals surface area contributed by atoms with Gasteiger partial charge >= 0.3 is 0 Å². The molecule has 0 spiro atoms. The Morgan fingerprint density at radius 3 is 2.71 bits per heavy atom. The van der Waals surface area contributed by atoms with Gasteiger partial charge in [0.1, 0.15) is 22.3 Å². The highest BCUT2D eigenvalue weighted by Gasteiger charge is 2.21. The van der Waals surface area contributed by atoms with Gasteiger partial charge in [0.05, 0.1) is 16.9 Å². The molecule has 2 aromatic heterocycles. The molecule has 12 heteroatoms. The van der Waals surface area contributed by atoms with Crippen LogP contribution < -0.4 is 15.5 Å². The SMILES string of the molecule is Cc1nc(Nc2ncc(C(=O)Nc3c(C)cccc3Cl)s2)cc(N2CCN(N(C)C#N)CC2)n1. The van der Waals surface area contributed by atoms with Crippen LogP contribution >= 0.6 is 22.9 Å². The van der Waals surface area contributed by atoms with Gasteiger partial charge in [-0.3, -0.25) is 4.79 Å². The third-order valence-corrected chi connectivity index (χ3v) is 6.62. The number of carbonyl (C=O) groups is 1. The van der Waals surface area contributed by atoms with Crippen molar-refractivity contribution in [3.8, 4) is 6.19 Å². The van der Waals surface area contributed by atoms with Crippen LogP contribution in [0, 0.1) is 25.3 Å². The van der Waals surface area contributed by atoms with Gasteiger partial charge in [-0.1, -0.05) is 35.1 Å². The Morgan fingerprint density at radius 2 is 2.00 bits per heavy atom. The van der Waals surface area contributed by atoms with Gasteiger partial charge in [-0.15, -0.1) is 0 Å². The van der Waals surface area contributed by atoms with E-state index in [9.17, 15) is 4.79 Å². The number of benzene rings is 1. The first kappa shape index (κ1) is 23.7. The lowest BCUT2D eigenvalue weighted by atomic mass is 10.2. The lowest BCUT2D eigenvalue weighted by Crippen LogP contribution is -2.51. The highest BCUT2D eigenvalue weighted by Crippen LogP contribution is 2.28. The number of hydrogen-bond acceptors (Lipinski definition) is 10. The number of hydrogen-bond donors (Lipinski definition) is 2. The van der Waals surface area contributed by atoms with Crippen molar-refractivity contribution in [3.63, 3.8) is 0 Å². The number of piperazine rings is 1. The van der Waals surface area contributed by atoms with Crippen LogP contribution in [-0.4, -0.2) is 64.1 Å². The molecule has 0 saturated carbocycles. The number of hydrazine groups is 1. The first-order valence-electron chi connectivity index (χ1n) is 10.6. The van der Waals surface area contributed by atoms with E-state index in [0.717, 1.165) is 37.6 Å². The Labute approximate surface area is 206 Å². The Bertz CT molecular complexity index is 1210. The van der Waals surface area contributed by atoms with E-state index in [0.29, 0.717) is 32.4 Å². The predicted molar refractivity (Wildman–Crippen MR) is 133 cm³/mol. The van der Waals surface area contributed by atoms with E-state index in [-0.39, 0.29) is 5.91 Å². The third kappa shape index (κ3) is 5.36. The topological polar surface area (TPSA) is 113 Å². The summed E-state index contributed by atoms with van der Waals surface area (Å²) < 4.78 is 0. The summed E-state index contributed by atoms with van der Waals surface area (Å²) in [5.74, 6) is 1.75. The largest absolute Gasteiger partial charge is 0.354 e. The van der Waals surface area contributed by atoms with Gasteiger partial charge < -0.3 is 15.5 Å².